The number of rotatable bonds is 6. The molecule has 0 aromatic rings. The molecule has 0 spiro atoms. The third-order valence-electron chi connectivity index (χ3n) is 5.79. The molecule has 0 aliphatic heterocycles. The van der Waals surface area contributed by atoms with Gasteiger partial charge in [-0.15, -0.1) is 12.4 Å². The van der Waals surface area contributed by atoms with Gasteiger partial charge in [-0.05, 0) is 44.4 Å². The summed E-state index contributed by atoms with van der Waals surface area (Å²) < 4.78 is 5.70. The van der Waals surface area contributed by atoms with Crippen LogP contribution >= 0.6 is 12.4 Å². The number of halogens is 1. The second-order valence-corrected chi connectivity index (χ2v) is 7.52. The summed E-state index contributed by atoms with van der Waals surface area (Å²) >= 11 is 0. The quantitative estimate of drug-likeness (QED) is 0.790. The van der Waals surface area contributed by atoms with Crippen molar-refractivity contribution in [2.24, 2.45) is 23.0 Å². The number of carbonyl (C=O) groups excluding carboxylic acids is 1. The Morgan fingerprint density at radius 1 is 1.29 bits per heavy atom. The molecule has 2 unspecified atom stereocenters. The Bertz CT molecular complexity index is 395. The summed E-state index contributed by atoms with van der Waals surface area (Å²) in [6.45, 7) is 6.78. The molecule has 3 saturated carbocycles. The van der Waals surface area contributed by atoms with Gasteiger partial charge in [-0.25, -0.2) is 0 Å². The van der Waals surface area contributed by atoms with Gasteiger partial charge in [0.05, 0.1) is 6.10 Å². The summed E-state index contributed by atoms with van der Waals surface area (Å²) in [5.74, 6) is 1.46. The van der Waals surface area contributed by atoms with E-state index < -0.39 is 5.54 Å². The molecule has 4 nitrogen and oxygen atoms in total. The summed E-state index contributed by atoms with van der Waals surface area (Å²) in [5, 5.41) is 3.28. The van der Waals surface area contributed by atoms with Crippen LogP contribution in [0.15, 0.2) is 0 Å². The molecule has 0 aromatic heterocycles. The van der Waals surface area contributed by atoms with E-state index in [-0.39, 0.29) is 29.8 Å². The average Bonchev–Trinajstić information content (AvgIpc) is 3.28. The van der Waals surface area contributed by atoms with Crippen molar-refractivity contribution in [3.05, 3.63) is 0 Å². The minimum absolute atomic E-state index is 0. The Hall–Kier alpha value is -0.320. The molecule has 0 aromatic carbocycles. The highest BCUT2D eigenvalue weighted by Gasteiger charge is 2.63. The maximum atomic E-state index is 12.7. The Kier molecular flexibility index (Phi) is 4.63. The topological polar surface area (TPSA) is 64.3 Å². The Balaban J connectivity index is 0.00000161. The van der Waals surface area contributed by atoms with Crippen molar-refractivity contribution in [2.75, 3.05) is 6.61 Å². The van der Waals surface area contributed by atoms with Gasteiger partial charge in [0.15, 0.2) is 0 Å². The molecule has 5 heteroatoms. The fraction of sp³-hybridized carbons (Fsp3) is 0.938. The summed E-state index contributed by atoms with van der Waals surface area (Å²) in [5.41, 5.74) is 5.39. The van der Waals surface area contributed by atoms with Crippen molar-refractivity contribution >= 4 is 18.3 Å². The standard InChI is InChI=1S/C16H28N2O2.ClH/c1-4-20-12-9-16(17,15(12,2)3)14(19)18-13(10-5-6-10)11-7-8-11;/h10-13H,4-9,17H2,1-3H3,(H,18,19);1H. The summed E-state index contributed by atoms with van der Waals surface area (Å²) in [6.07, 6.45) is 5.81. The summed E-state index contributed by atoms with van der Waals surface area (Å²) in [6, 6.07) is 0.380. The minimum atomic E-state index is -0.769. The van der Waals surface area contributed by atoms with Crippen molar-refractivity contribution in [3.63, 3.8) is 0 Å². The first-order valence-electron chi connectivity index (χ1n) is 8.11. The molecule has 21 heavy (non-hydrogen) atoms. The zero-order valence-corrected chi connectivity index (χ0v) is 14.2. The van der Waals surface area contributed by atoms with Crippen LogP contribution in [0, 0.1) is 17.3 Å². The molecule has 0 radical (unpaired) electrons. The smallest absolute Gasteiger partial charge is 0.241 e. The van der Waals surface area contributed by atoms with E-state index in [0.29, 0.717) is 30.9 Å². The molecule has 1 amide bonds. The van der Waals surface area contributed by atoms with Gasteiger partial charge in [-0.3, -0.25) is 4.79 Å². The largest absolute Gasteiger partial charge is 0.378 e. The highest BCUT2D eigenvalue weighted by Crippen LogP contribution is 2.51. The lowest BCUT2D eigenvalue weighted by Gasteiger charge is -2.57. The highest BCUT2D eigenvalue weighted by molar-refractivity contribution is 5.89. The van der Waals surface area contributed by atoms with Crippen LogP contribution in [0.1, 0.15) is 52.9 Å². The molecule has 3 rings (SSSR count). The molecule has 3 fully saturated rings. The molecular weight excluding hydrogens is 288 g/mol. The van der Waals surface area contributed by atoms with E-state index in [9.17, 15) is 4.79 Å². The molecule has 2 atom stereocenters. The number of amides is 1. The molecule has 0 bridgehead atoms. The van der Waals surface area contributed by atoms with Gasteiger partial charge in [0.2, 0.25) is 5.91 Å². The first-order valence-corrected chi connectivity index (χ1v) is 8.11. The van der Waals surface area contributed by atoms with Crippen LogP contribution in [0.25, 0.3) is 0 Å². The lowest BCUT2D eigenvalue weighted by atomic mass is 9.54. The zero-order chi connectivity index (χ0) is 14.5. The van der Waals surface area contributed by atoms with Crippen LogP contribution in [0.5, 0.6) is 0 Å². The van der Waals surface area contributed by atoms with Crippen molar-refractivity contribution in [1.82, 2.24) is 5.32 Å². The van der Waals surface area contributed by atoms with Crippen LogP contribution in [0.4, 0.5) is 0 Å². The van der Waals surface area contributed by atoms with Gasteiger partial charge >= 0.3 is 0 Å². The fourth-order valence-electron chi connectivity index (χ4n) is 3.63. The normalized spacial score (nSPS) is 34.0. The SMILES string of the molecule is CCOC1CC(N)(C(=O)NC(C2CC2)C2CC2)C1(C)C.Cl. The van der Waals surface area contributed by atoms with Crippen LogP contribution < -0.4 is 11.1 Å². The third-order valence-corrected chi connectivity index (χ3v) is 5.79. The fourth-order valence-corrected chi connectivity index (χ4v) is 3.63. The summed E-state index contributed by atoms with van der Waals surface area (Å²) in [4.78, 5) is 12.7. The van der Waals surface area contributed by atoms with E-state index in [1.165, 1.54) is 25.7 Å². The first kappa shape index (κ1) is 17.0. The minimum Gasteiger partial charge on any atom is -0.378 e. The van der Waals surface area contributed by atoms with E-state index in [4.69, 9.17) is 10.5 Å². The maximum Gasteiger partial charge on any atom is 0.241 e. The lowest BCUT2D eigenvalue weighted by Crippen LogP contribution is -2.76. The molecule has 3 aliphatic carbocycles. The predicted molar refractivity (Wildman–Crippen MR) is 85.4 cm³/mol. The Morgan fingerprint density at radius 2 is 1.81 bits per heavy atom. The van der Waals surface area contributed by atoms with Crippen LogP contribution in [-0.4, -0.2) is 30.2 Å². The highest BCUT2D eigenvalue weighted by atomic mass is 35.5. The maximum absolute atomic E-state index is 12.7. The number of nitrogens with two attached hydrogens (primary N) is 1. The van der Waals surface area contributed by atoms with Gasteiger partial charge in [0.25, 0.3) is 0 Å². The van der Waals surface area contributed by atoms with Crippen LogP contribution in [-0.2, 0) is 9.53 Å². The van der Waals surface area contributed by atoms with Gasteiger partial charge < -0.3 is 15.8 Å². The second-order valence-electron chi connectivity index (χ2n) is 7.52. The number of hydrogen-bond donors (Lipinski definition) is 2. The number of carbonyl (C=O) groups is 1. The third kappa shape index (κ3) is 2.82. The van der Waals surface area contributed by atoms with Gasteiger partial charge in [-0.1, -0.05) is 13.8 Å². The van der Waals surface area contributed by atoms with Crippen molar-refractivity contribution < 1.29 is 9.53 Å². The zero-order valence-electron chi connectivity index (χ0n) is 13.4. The average molecular weight is 317 g/mol. The van der Waals surface area contributed by atoms with Gasteiger partial charge in [0, 0.05) is 24.5 Å². The first-order chi connectivity index (χ1) is 9.40. The summed E-state index contributed by atoms with van der Waals surface area (Å²) in [7, 11) is 0. The van der Waals surface area contributed by atoms with E-state index in [1.807, 2.05) is 6.92 Å². The van der Waals surface area contributed by atoms with Gasteiger partial charge in [-0.2, -0.15) is 0 Å². The second kappa shape index (κ2) is 5.71. The van der Waals surface area contributed by atoms with Crippen molar-refractivity contribution in [2.45, 2.75) is 70.6 Å². The monoisotopic (exact) mass is 316 g/mol. The molecule has 3 N–H and O–H groups in total. The molecular formula is C16H29ClN2O2. The van der Waals surface area contributed by atoms with Crippen LogP contribution in [0.2, 0.25) is 0 Å². The van der Waals surface area contributed by atoms with Crippen molar-refractivity contribution in [1.29, 1.82) is 0 Å². The number of ether oxygens (including phenoxy) is 1. The van der Waals surface area contributed by atoms with E-state index in [1.54, 1.807) is 0 Å². The van der Waals surface area contributed by atoms with E-state index >= 15 is 0 Å². The Morgan fingerprint density at radius 3 is 2.19 bits per heavy atom. The molecule has 0 saturated heterocycles. The van der Waals surface area contributed by atoms with Crippen LogP contribution in [0.3, 0.4) is 0 Å². The number of hydrogen-bond acceptors (Lipinski definition) is 3. The van der Waals surface area contributed by atoms with E-state index in [2.05, 4.69) is 19.2 Å². The molecule has 122 valence electrons. The molecule has 3 aliphatic rings. The molecule has 0 heterocycles. The lowest BCUT2D eigenvalue weighted by molar-refractivity contribution is -0.171. The Labute approximate surface area is 134 Å². The number of nitrogens with one attached hydrogen (secondary N) is 1. The van der Waals surface area contributed by atoms with E-state index in [0.717, 1.165) is 0 Å². The predicted octanol–water partition coefficient (Wildman–Crippen LogP) is 2.25. The van der Waals surface area contributed by atoms with Gasteiger partial charge in [0.1, 0.15) is 5.54 Å². The van der Waals surface area contributed by atoms with Crippen molar-refractivity contribution in [3.8, 4) is 0 Å².